The normalized spacial score (nSPS) is 21.0. The van der Waals surface area contributed by atoms with Gasteiger partial charge in [0.1, 0.15) is 23.8 Å². The second kappa shape index (κ2) is 10.9. The summed E-state index contributed by atoms with van der Waals surface area (Å²) in [5, 5.41) is 2.75. The van der Waals surface area contributed by atoms with Crippen molar-refractivity contribution in [2.75, 3.05) is 64.6 Å². The lowest BCUT2D eigenvalue weighted by Gasteiger charge is -2.34. The molecule has 42 heavy (non-hydrogen) atoms. The molecule has 2 fully saturated rings. The van der Waals surface area contributed by atoms with Gasteiger partial charge < -0.3 is 33.9 Å². The molecule has 1 aromatic carbocycles. The minimum absolute atomic E-state index is 0.0204. The van der Waals surface area contributed by atoms with Gasteiger partial charge in [-0.05, 0) is 37.2 Å². The molecule has 2 saturated heterocycles. The molecule has 0 bridgehead atoms. The number of likely N-dealkylation sites (N-methyl/N-ethyl adjacent to an activating group) is 1. The first kappa shape index (κ1) is 27.9. The number of nitrogens with zero attached hydrogens (tertiary/aromatic N) is 5. The summed E-state index contributed by atoms with van der Waals surface area (Å²) in [6, 6.07) is 7.70. The van der Waals surface area contributed by atoms with E-state index < -0.39 is 29.2 Å². The predicted molar refractivity (Wildman–Crippen MR) is 150 cm³/mol. The van der Waals surface area contributed by atoms with Gasteiger partial charge in [0.2, 0.25) is 0 Å². The highest BCUT2D eigenvalue weighted by Gasteiger charge is 2.57. The molecule has 0 aliphatic carbocycles. The first-order valence-electron chi connectivity index (χ1n) is 14.0. The number of halogens is 1. The van der Waals surface area contributed by atoms with E-state index in [0.717, 1.165) is 43.4 Å². The van der Waals surface area contributed by atoms with E-state index in [-0.39, 0.29) is 43.5 Å². The van der Waals surface area contributed by atoms with Gasteiger partial charge >= 0.3 is 6.03 Å². The number of pyridine rings is 1. The highest BCUT2D eigenvalue weighted by molar-refractivity contribution is 6.08. The van der Waals surface area contributed by atoms with Crippen LogP contribution in [0.3, 0.4) is 0 Å². The largest absolute Gasteiger partial charge is 0.491 e. The smallest absolute Gasteiger partial charge is 0.327 e. The topological polar surface area (TPSA) is 121 Å². The van der Waals surface area contributed by atoms with Crippen LogP contribution < -0.4 is 15.0 Å². The Hall–Kier alpha value is -4.23. The van der Waals surface area contributed by atoms with Crippen LogP contribution in [0.1, 0.15) is 35.5 Å². The zero-order valence-electron chi connectivity index (χ0n) is 23.8. The van der Waals surface area contributed by atoms with Gasteiger partial charge in [0.05, 0.1) is 18.7 Å². The van der Waals surface area contributed by atoms with Gasteiger partial charge in [0.25, 0.3) is 11.8 Å². The van der Waals surface area contributed by atoms with Crippen molar-refractivity contribution < 1.29 is 32.7 Å². The summed E-state index contributed by atoms with van der Waals surface area (Å²) in [5.41, 5.74) is -0.493. The van der Waals surface area contributed by atoms with E-state index in [0.29, 0.717) is 16.7 Å². The minimum Gasteiger partial charge on any atom is -0.491 e. The summed E-state index contributed by atoms with van der Waals surface area (Å²) in [6.45, 7) is 8.10. The van der Waals surface area contributed by atoms with Gasteiger partial charge in [0.15, 0.2) is 22.7 Å². The van der Waals surface area contributed by atoms with Crippen molar-refractivity contribution in [1.82, 2.24) is 25.0 Å². The third kappa shape index (κ3) is 4.52. The van der Waals surface area contributed by atoms with E-state index in [4.69, 9.17) is 18.9 Å². The zero-order chi connectivity index (χ0) is 29.6. The average Bonchev–Trinajstić information content (AvgIpc) is 3.64. The summed E-state index contributed by atoms with van der Waals surface area (Å²) in [6.07, 6.45) is 0. The number of amides is 4. The number of ether oxygens (including phenoxy) is 2. The quantitative estimate of drug-likeness (QED) is 0.381. The Morgan fingerprint density at radius 3 is 2.60 bits per heavy atom. The Morgan fingerprint density at radius 1 is 1.10 bits per heavy atom. The molecule has 3 aliphatic rings. The summed E-state index contributed by atoms with van der Waals surface area (Å²) < 4.78 is 31.8. The van der Waals surface area contributed by atoms with E-state index >= 15 is 4.39 Å². The Bertz CT molecular complexity index is 1550. The second-order valence-corrected chi connectivity index (χ2v) is 10.6. The number of rotatable bonds is 9. The summed E-state index contributed by atoms with van der Waals surface area (Å²) in [7, 11) is 1.37. The van der Waals surface area contributed by atoms with Crippen LogP contribution in [-0.2, 0) is 21.6 Å². The summed E-state index contributed by atoms with van der Waals surface area (Å²) >= 11 is 0. The van der Waals surface area contributed by atoms with Crippen LogP contribution in [-0.4, -0.2) is 97.2 Å². The van der Waals surface area contributed by atoms with Crippen LogP contribution in [0.25, 0.3) is 11.1 Å². The number of hydrogen-bond donors (Lipinski definition) is 1. The van der Waals surface area contributed by atoms with Crippen LogP contribution in [0.15, 0.2) is 34.7 Å². The number of nitrogens with one attached hydrogen (secondary N) is 1. The van der Waals surface area contributed by atoms with E-state index in [1.807, 2.05) is 6.07 Å². The molecule has 0 spiro atoms. The lowest BCUT2D eigenvalue weighted by Crippen LogP contribution is -2.52. The molecule has 5 heterocycles. The van der Waals surface area contributed by atoms with Gasteiger partial charge in [0, 0.05) is 45.9 Å². The van der Waals surface area contributed by atoms with Crippen LogP contribution in [0.4, 0.5) is 15.0 Å². The highest BCUT2D eigenvalue weighted by Crippen LogP contribution is 2.38. The van der Waals surface area contributed by atoms with Crippen molar-refractivity contribution >= 4 is 34.8 Å². The first-order valence-corrected chi connectivity index (χ1v) is 14.0. The monoisotopic (exact) mass is 580 g/mol. The molecule has 0 saturated carbocycles. The molecule has 0 radical (unpaired) electrons. The number of fused-ring (bicyclic) bond motifs is 2. The SMILES string of the molecule is CCOc1ccc2c(c1F)C(=O)N(C[C@@]1(c3cc4nc(N5CCN(CC)CC5)ccc4o3)NC(=O)N(COC)C1=O)C2. The van der Waals surface area contributed by atoms with E-state index in [9.17, 15) is 14.4 Å². The van der Waals surface area contributed by atoms with Crippen LogP contribution in [0, 0.1) is 5.82 Å². The third-order valence-electron chi connectivity index (χ3n) is 8.14. The number of aromatic nitrogens is 1. The number of benzene rings is 1. The van der Waals surface area contributed by atoms with Crippen LogP contribution in [0.5, 0.6) is 5.75 Å². The molecule has 3 aliphatic heterocycles. The minimum atomic E-state index is -1.78. The number of imide groups is 1. The van der Waals surface area contributed by atoms with Crippen LogP contribution in [0.2, 0.25) is 0 Å². The average molecular weight is 581 g/mol. The summed E-state index contributed by atoms with van der Waals surface area (Å²) in [4.78, 5) is 52.0. The number of carbonyl (C=O) groups is 3. The van der Waals surface area contributed by atoms with Gasteiger partial charge in [-0.2, -0.15) is 0 Å². The van der Waals surface area contributed by atoms with Gasteiger partial charge in [-0.3, -0.25) is 9.59 Å². The van der Waals surface area contributed by atoms with E-state index in [1.165, 1.54) is 18.1 Å². The predicted octanol–water partition coefficient (Wildman–Crippen LogP) is 2.51. The molecule has 0 unspecified atom stereocenters. The lowest BCUT2D eigenvalue weighted by molar-refractivity contribution is -0.135. The van der Waals surface area contributed by atoms with Crippen molar-refractivity contribution in [3.63, 3.8) is 0 Å². The molecule has 13 heteroatoms. The molecular weight excluding hydrogens is 547 g/mol. The summed E-state index contributed by atoms with van der Waals surface area (Å²) in [5.74, 6) is -1.13. The Labute approximate surface area is 241 Å². The molecule has 4 amide bonds. The molecular formula is C29H33FN6O6. The third-order valence-corrected chi connectivity index (χ3v) is 8.14. The van der Waals surface area contributed by atoms with Crippen molar-refractivity contribution in [2.24, 2.45) is 0 Å². The fraction of sp³-hybridized carbons (Fsp3) is 0.448. The van der Waals surface area contributed by atoms with Crippen molar-refractivity contribution in [3.8, 4) is 5.75 Å². The molecule has 6 rings (SSSR count). The van der Waals surface area contributed by atoms with Crippen molar-refractivity contribution in [3.05, 3.63) is 53.0 Å². The number of hydrogen-bond acceptors (Lipinski definition) is 9. The fourth-order valence-electron chi connectivity index (χ4n) is 5.89. The number of piperazine rings is 1. The lowest BCUT2D eigenvalue weighted by atomic mass is 9.95. The molecule has 2 aromatic heterocycles. The molecule has 3 aromatic rings. The zero-order valence-corrected chi connectivity index (χ0v) is 23.8. The number of methoxy groups -OCH3 is 1. The number of furan rings is 1. The highest BCUT2D eigenvalue weighted by atomic mass is 19.1. The van der Waals surface area contributed by atoms with Gasteiger partial charge in [-0.15, -0.1) is 0 Å². The molecule has 1 atom stereocenters. The second-order valence-electron chi connectivity index (χ2n) is 10.6. The molecule has 12 nitrogen and oxygen atoms in total. The Kier molecular flexibility index (Phi) is 7.23. The Morgan fingerprint density at radius 2 is 1.88 bits per heavy atom. The molecule has 222 valence electrons. The number of carbonyl (C=O) groups excluding carboxylic acids is 3. The molecule has 1 N–H and O–H groups in total. The first-order chi connectivity index (χ1) is 20.3. The maximum atomic E-state index is 15.2. The Balaban J connectivity index is 1.35. The van der Waals surface area contributed by atoms with E-state index in [2.05, 4.69) is 22.0 Å². The standard InChI is InChI=1S/C29H33FN6O6/c1-4-33-10-12-34(13-11-33)23-9-8-20-19(31-23)14-22(42-20)29(27(38)36(17-40-3)28(39)32-29)16-35-15-18-6-7-21(41-5-2)25(30)24(18)26(35)37/h6-9,14H,4-5,10-13,15-17H2,1-3H3,(H,32,39)/t29-/m0/s1. The van der Waals surface area contributed by atoms with Crippen LogP contribution >= 0.6 is 0 Å². The maximum Gasteiger partial charge on any atom is 0.327 e. The fourth-order valence-corrected chi connectivity index (χ4v) is 5.89. The van der Waals surface area contributed by atoms with E-state index in [1.54, 1.807) is 25.1 Å². The maximum absolute atomic E-state index is 15.2. The van der Waals surface area contributed by atoms with Crippen molar-refractivity contribution in [2.45, 2.75) is 25.9 Å². The number of anilines is 1. The van der Waals surface area contributed by atoms with Gasteiger partial charge in [-0.25, -0.2) is 19.1 Å². The van der Waals surface area contributed by atoms with Crippen molar-refractivity contribution in [1.29, 1.82) is 0 Å². The number of urea groups is 1. The van der Waals surface area contributed by atoms with Gasteiger partial charge in [-0.1, -0.05) is 13.0 Å².